The molecule has 1 amide bonds. The van der Waals surface area contributed by atoms with Gasteiger partial charge in [-0.1, -0.05) is 0 Å². The molecule has 1 rings (SSSR count). The van der Waals surface area contributed by atoms with Crippen molar-refractivity contribution in [3.8, 4) is 0 Å². The van der Waals surface area contributed by atoms with Crippen molar-refractivity contribution < 1.29 is 14.3 Å². The number of carbonyl (C=O) groups is 2. The third-order valence-corrected chi connectivity index (χ3v) is 2.19. The van der Waals surface area contributed by atoms with E-state index >= 15 is 0 Å². The SMILES string of the molecule is CC(=O)C(C)NC(=O)C1CCCO1. The van der Waals surface area contributed by atoms with Gasteiger partial charge in [-0.25, -0.2) is 0 Å². The van der Waals surface area contributed by atoms with E-state index in [-0.39, 0.29) is 17.8 Å². The van der Waals surface area contributed by atoms with Crippen LogP contribution in [-0.4, -0.2) is 30.4 Å². The molecule has 4 heteroatoms. The molecule has 1 aliphatic heterocycles. The summed E-state index contributed by atoms with van der Waals surface area (Å²) in [5.74, 6) is -0.202. The van der Waals surface area contributed by atoms with Crippen molar-refractivity contribution in [2.24, 2.45) is 0 Å². The molecule has 13 heavy (non-hydrogen) atoms. The summed E-state index contributed by atoms with van der Waals surface area (Å²) >= 11 is 0. The van der Waals surface area contributed by atoms with Crippen LogP contribution in [0.5, 0.6) is 0 Å². The van der Waals surface area contributed by atoms with E-state index in [2.05, 4.69) is 5.32 Å². The third kappa shape index (κ3) is 2.81. The zero-order valence-electron chi connectivity index (χ0n) is 8.00. The van der Waals surface area contributed by atoms with Crippen molar-refractivity contribution in [1.29, 1.82) is 0 Å². The van der Waals surface area contributed by atoms with E-state index in [1.807, 2.05) is 0 Å². The summed E-state index contributed by atoms with van der Waals surface area (Å²) in [7, 11) is 0. The number of rotatable bonds is 3. The lowest BCUT2D eigenvalue weighted by Crippen LogP contribution is -2.42. The fourth-order valence-electron chi connectivity index (χ4n) is 1.19. The van der Waals surface area contributed by atoms with Gasteiger partial charge in [0.25, 0.3) is 0 Å². The predicted octanol–water partition coefficient (Wildman–Crippen LogP) is 0.259. The number of amides is 1. The Bertz CT molecular complexity index is 209. The van der Waals surface area contributed by atoms with Crippen molar-refractivity contribution >= 4 is 11.7 Å². The molecule has 0 aromatic carbocycles. The molecular formula is C9H15NO3. The van der Waals surface area contributed by atoms with Crippen LogP contribution >= 0.6 is 0 Å². The highest BCUT2D eigenvalue weighted by molar-refractivity contribution is 5.88. The Morgan fingerprint density at radius 3 is 2.69 bits per heavy atom. The van der Waals surface area contributed by atoms with Gasteiger partial charge in [0, 0.05) is 6.61 Å². The minimum atomic E-state index is -0.406. The van der Waals surface area contributed by atoms with Crippen LogP contribution in [0.3, 0.4) is 0 Å². The molecule has 0 aliphatic carbocycles. The fraction of sp³-hybridized carbons (Fsp3) is 0.778. The van der Waals surface area contributed by atoms with Gasteiger partial charge >= 0.3 is 0 Å². The molecule has 4 nitrogen and oxygen atoms in total. The van der Waals surface area contributed by atoms with Crippen molar-refractivity contribution in [2.45, 2.75) is 38.8 Å². The zero-order chi connectivity index (χ0) is 9.84. The first kappa shape index (κ1) is 10.2. The third-order valence-electron chi connectivity index (χ3n) is 2.19. The number of Topliss-reactive ketones (excluding diaryl/α,β-unsaturated/α-hetero) is 1. The molecule has 0 bridgehead atoms. The summed E-state index contributed by atoms with van der Waals surface area (Å²) in [6.45, 7) is 3.78. The first-order valence-electron chi connectivity index (χ1n) is 4.53. The lowest BCUT2D eigenvalue weighted by atomic mass is 10.2. The second-order valence-corrected chi connectivity index (χ2v) is 3.34. The monoisotopic (exact) mass is 185 g/mol. The molecule has 74 valence electrons. The summed E-state index contributed by atoms with van der Waals surface area (Å²) in [5.41, 5.74) is 0. The van der Waals surface area contributed by atoms with Crippen LogP contribution in [0.25, 0.3) is 0 Å². The van der Waals surface area contributed by atoms with E-state index in [1.165, 1.54) is 6.92 Å². The molecule has 1 fully saturated rings. The Balaban J connectivity index is 2.35. The highest BCUT2D eigenvalue weighted by Gasteiger charge is 2.25. The van der Waals surface area contributed by atoms with Crippen molar-refractivity contribution in [2.75, 3.05) is 6.61 Å². The molecule has 2 unspecified atom stereocenters. The summed E-state index contributed by atoms with van der Waals surface area (Å²) in [6.07, 6.45) is 1.34. The van der Waals surface area contributed by atoms with E-state index < -0.39 is 6.04 Å². The average Bonchev–Trinajstić information content (AvgIpc) is 2.55. The number of carbonyl (C=O) groups excluding carboxylic acids is 2. The fourth-order valence-corrected chi connectivity index (χ4v) is 1.19. The summed E-state index contributed by atoms with van der Waals surface area (Å²) in [4.78, 5) is 22.2. The maximum Gasteiger partial charge on any atom is 0.249 e. The van der Waals surface area contributed by atoms with E-state index in [9.17, 15) is 9.59 Å². The van der Waals surface area contributed by atoms with Crippen molar-refractivity contribution in [1.82, 2.24) is 5.32 Å². The van der Waals surface area contributed by atoms with Gasteiger partial charge in [0.1, 0.15) is 6.10 Å². The molecule has 1 N–H and O–H groups in total. The van der Waals surface area contributed by atoms with Crippen LogP contribution in [0.1, 0.15) is 26.7 Å². The van der Waals surface area contributed by atoms with E-state index in [4.69, 9.17) is 4.74 Å². The normalized spacial score (nSPS) is 24.0. The first-order valence-corrected chi connectivity index (χ1v) is 4.53. The Labute approximate surface area is 77.6 Å². The molecule has 0 saturated carbocycles. The van der Waals surface area contributed by atoms with Gasteiger partial charge in [-0.15, -0.1) is 0 Å². The van der Waals surface area contributed by atoms with Gasteiger partial charge in [-0.05, 0) is 26.7 Å². The van der Waals surface area contributed by atoms with Crippen molar-refractivity contribution in [3.05, 3.63) is 0 Å². The molecule has 1 aliphatic rings. The molecule has 0 aromatic rings. The Hall–Kier alpha value is -0.900. The largest absolute Gasteiger partial charge is 0.368 e. The summed E-state index contributed by atoms with van der Waals surface area (Å²) in [6, 6.07) is -0.406. The number of hydrogen-bond acceptors (Lipinski definition) is 3. The molecular weight excluding hydrogens is 170 g/mol. The second-order valence-electron chi connectivity index (χ2n) is 3.34. The Morgan fingerprint density at radius 2 is 2.23 bits per heavy atom. The van der Waals surface area contributed by atoms with Gasteiger partial charge in [-0.2, -0.15) is 0 Å². The van der Waals surface area contributed by atoms with Gasteiger partial charge < -0.3 is 10.1 Å². The van der Waals surface area contributed by atoms with E-state index in [0.717, 1.165) is 12.8 Å². The average molecular weight is 185 g/mol. The topological polar surface area (TPSA) is 55.4 Å². The molecule has 0 aromatic heterocycles. The quantitative estimate of drug-likeness (QED) is 0.686. The van der Waals surface area contributed by atoms with Crippen LogP contribution in [-0.2, 0) is 14.3 Å². The van der Waals surface area contributed by atoms with E-state index in [0.29, 0.717) is 6.61 Å². The lowest BCUT2D eigenvalue weighted by molar-refractivity contribution is -0.133. The summed E-state index contributed by atoms with van der Waals surface area (Å²) in [5, 5.41) is 2.61. The van der Waals surface area contributed by atoms with Crippen molar-refractivity contribution in [3.63, 3.8) is 0 Å². The van der Waals surface area contributed by atoms with Gasteiger partial charge in [0.15, 0.2) is 5.78 Å². The predicted molar refractivity (Wildman–Crippen MR) is 47.3 cm³/mol. The van der Waals surface area contributed by atoms with Gasteiger partial charge in [-0.3, -0.25) is 9.59 Å². The number of ether oxygens (including phenoxy) is 1. The zero-order valence-corrected chi connectivity index (χ0v) is 8.00. The molecule has 2 atom stereocenters. The number of hydrogen-bond donors (Lipinski definition) is 1. The molecule has 1 heterocycles. The van der Waals surface area contributed by atoms with E-state index in [1.54, 1.807) is 6.92 Å². The van der Waals surface area contributed by atoms with Crippen LogP contribution < -0.4 is 5.32 Å². The second kappa shape index (κ2) is 4.37. The number of ketones is 1. The highest BCUT2D eigenvalue weighted by atomic mass is 16.5. The maximum atomic E-state index is 11.4. The standard InChI is InChI=1S/C9H15NO3/c1-6(7(2)11)10-9(12)8-4-3-5-13-8/h6,8H,3-5H2,1-2H3,(H,10,12). The molecule has 0 radical (unpaired) electrons. The van der Waals surface area contributed by atoms with Crippen LogP contribution in [0, 0.1) is 0 Å². The van der Waals surface area contributed by atoms with Crippen LogP contribution in [0.4, 0.5) is 0 Å². The van der Waals surface area contributed by atoms with Crippen LogP contribution in [0.15, 0.2) is 0 Å². The lowest BCUT2D eigenvalue weighted by Gasteiger charge is -2.13. The Kier molecular flexibility index (Phi) is 3.42. The highest BCUT2D eigenvalue weighted by Crippen LogP contribution is 2.11. The van der Waals surface area contributed by atoms with Crippen LogP contribution in [0.2, 0.25) is 0 Å². The number of nitrogens with one attached hydrogen (secondary N) is 1. The Morgan fingerprint density at radius 1 is 1.54 bits per heavy atom. The first-order chi connectivity index (χ1) is 6.11. The molecule has 1 saturated heterocycles. The van der Waals surface area contributed by atoms with Gasteiger partial charge in [0.05, 0.1) is 6.04 Å². The maximum absolute atomic E-state index is 11.4. The molecule has 0 spiro atoms. The van der Waals surface area contributed by atoms with Gasteiger partial charge in [0.2, 0.25) is 5.91 Å². The minimum absolute atomic E-state index is 0.0358. The smallest absolute Gasteiger partial charge is 0.249 e. The summed E-state index contributed by atoms with van der Waals surface area (Å²) < 4.78 is 5.17. The minimum Gasteiger partial charge on any atom is -0.368 e.